The topological polar surface area (TPSA) is 94.6 Å². The fourth-order valence-corrected chi connectivity index (χ4v) is 9.05. The van der Waals surface area contributed by atoms with Gasteiger partial charge in [0.15, 0.2) is 5.03 Å². The van der Waals surface area contributed by atoms with E-state index < -0.39 is 85.0 Å². The molecule has 4 atom stereocenters. The standard InChI is InChI=1S/C42H55F3N2O5S/c1-12-15-28(5)41(29(6)23-30-19-18-26(3)27(4)22-30)40(9,10)37(51-11)35(38(48)52-41)36(39(7,8)13-2)31-16-14-17-33(24-31)47-53(49,50)34-21-20-32(25-46-34)42(43,44)45/h14,16-22,24-25,28-29,36,47H,12-13,15,23H2,1-11H3/t28?,29?,36-,41-/m1/s1/i14D,16D,17D,24D. The molecule has 7 nitrogen and oxygen atoms in total. The Morgan fingerprint density at radius 2 is 1.72 bits per heavy atom. The number of carbonyl (C=O) groups is 1. The summed E-state index contributed by atoms with van der Waals surface area (Å²) in [5.41, 5.74) is -1.76. The lowest BCUT2D eigenvalue weighted by Gasteiger charge is -2.57. The van der Waals surface area contributed by atoms with Gasteiger partial charge in [-0.05, 0) is 98.3 Å². The summed E-state index contributed by atoms with van der Waals surface area (Å²) < 4.78 is 118. The molecule has 1 N–H and O–H groups in total. The Labute approximate surface area is 319 Å². The van der Waals surface area contributed by atoms with E-state index in [-0.39, 0.29) is 28.7 Å². The molecule has 2 unspecified atom stereocenters. The maximum Gasteiger partial charge on any atom is 0.417 e. The molecule has 1 aromatic heterocycles. The van der Waals surface area contributed by atoms with Crippen molar-refractivity contribution in [3.8, 4) is 0 Å². The Morgan fingerprint density at radius 1 is 1.04 bits per heavy atom. The van der Waals surface area contributed by atoms with Gasteiger partial charge in [-0.25, -0.2) is 9.78 Å². The number of anilines is 1. The summed E-state index contributed by atoms with van der Waals surface area (Å²) in [6, 6.07) is 4.71. The van der Waals surface area contributed by atoms with E-state index in [2.05, 4.69) is 55.6 Å². The molecule has 0 radical (unpaired) electrons. The van der Waals surface area contributed by atoms with Crippen LogP contribution < -0.4 is 4.72 Å². The van der Waals surface area contributed by atoms with E-state index >= 15 is 4.79 Å². The number of hydrogen-bond acceptors (Lipinski definition) is 6. The summed E-state index contributed by atoms with van der Waals surface area (Å²) in [5, 5.41) is -0.822. The molecule has 4 rings (SSSR count). The third kappa shape index (κ3) is 8.15. The van der Waals surface area contributed by atoms with Crippen LogP contribution in [0.25, 0.3) is 0 Å². The SMILES string of the molecule is [2H]c1c([2H])c(NS(=O)(=O)c2ccc(C(F)(F)F)cn2)c([2H])c([C@H](C2=C(OC)C(C)(C)[C@@](C(C)CCC)(C(C)Cc3ccc(C)c(C)c3)OC2=O)C(C)(C)CC)c1[2H]. The smallest absolute Gasteiger partial charge is 0.417 e. The number of esters is 1. The van der Waals surface area contributed by atoms with Crippen molar-refractivity contribution in [3.05, 3.63) is 99.8 Å². The molecule has 290 valence electrons. The number of pyridine rings is 1. The molecule has 1 aliphatic rings. The second kappa shape index (κ2) is 15.5. The molecule has 1 aliphatic heterocycles. The number of aromatic nitrogens is 1. The maximum absolute atomic E-state index is 15.0. The summed E-state index contributed by atoms with van der Waals surface area (Å²) in [5.74, 6) is -2.03. The van der Waals surface area contributed by atoms with Crippen LogP contribution in [0.3, 0.4) is 0 Å². The van der Waals surface area contributed by atoms with Gasteiger partial charge in [-0.3, -0.25) is 4.72 Å². The van der Waals surface area contributed by atoms with Gasteiger partial charge in [0.25, 0.3) is 10.0 Å². The van der Waals surface area contributed by atoms with Crippen molar-refractivity contribution in [1.82, 2.24) is 4.98 Å². The van der Waals surface area contributed by atoms with Crippen LogP contribution in [0.15, 0.2) is 77.1 Å². The number of methoxy groups -OCH3 is 1. The lowest BCUT2D eigenvalue weighted by molar-refractivity contribution is -0.206. The van der Waals surface area contributed by atoms with Gasteiger partial charge in [-0.2, -0.15) is 21.6 Å². The third-order valence-electron chi connectivity index (χ3n) is 11.3. The molecule has 0 aliphatic carbocycles. The minimum atomic E-state index is -4.82. The first-order valence-corrected chi connectivity index (χ1v) is 19.5. The minimum Gasteiger partial charge on any atom is -0.500 e. The van der Waals surface area contributed by atoms with E-state index in [9.17, 15) is 23.0 Å². The summed E-state index contributed by atoms with van der Waals surface area (Å²) >= 11 is 0. The first-order chi connectivity index (χ1) is 26.2. The van der Waals surface area contributed by atoms with Crippen LogP contribution in [0.2, 0.25) is 0 Å². The highest BCUT2D eigenvalue weighted by Gasteiger charge is 2.62. The fourth-order valence-electron chi connectivity index (χ4n) is 8.14. The largest absolute Gasteiger partial charge is 0.500 e. The second-order valence-electron chi connectivity index (χ2n) is 15.5. The number of carbonyl (C=O) groups excluding carboxylic acids is 1. The number of sulfonamides is 1. The van der Waals surface area contributed by atoms with E-state index in [1.54, 1.807) is 0 Å². The van der Waals surface area contributed by atoms with Gasteiger partial charge in [-0.1, -0.05) is 84.7 Å². The van der Waals surface area contributed by atoms with E-state index in [4.69, 9.17) is 13.6 Å². The quantitative estimate of drug-likeness (QED) is 0.164. The number of ether oxygens (including phenoxy) is 2. The number of hydrogen-bond donors (Lipinski definition) is 1. The zero-order chi connectivity index (χ0) is 43.2. The Balaban J connectivity index is 2.00. The number of cyclic esters (lactones) is 1. The molecule has 0 amide bonds. The molecule has 3 aromatic rings. The fraction of sp³-hybridized carbons (Fsp3) is 0.524. The Kier molecular flexibility index (Phi) is 10.6. The normalized spacial score (nSPS) is 20.8. The zero-order valence-corrected chi connectivity index (χ0v) is 33.4. The molecule has 0 saturated heterocycles. The second-order valence-corrected chi connectivity index (χ2v) is 17.1. The highest BCUT2D eigenvalue weighted by Crippen LogP contribution is 2.59. The van der Waals surface area contributed by atoms with E-state index in [0.29, 0.717) is 31.2 Å². The predicted molar refractivity (Wildman–Crippen MR) is 203 cm³/mol. The predicted octanol–water partition coefficient (Wildman–Crippen LogP) is 10.6. The number of nitrogens with zero attached hydrogens (tertiary/aromatic N) is 1. The van der Waals surface area contributed by atoms with Crippen molar-refractivity contribution in [2.24, 2.45) is 22.7 Å². The lowest BCUT2D eigenvalue weighted by Crippen LogP contribution is -2.62. The number of halogens is 3. The summed E-state index contributed by atoms with van der Waals surface area (Å²) in [4.78, 5) is 18.5. The number of alkyl halides is 3. The van der Waals surface area contributed by atoms with Gasteiger partial charge in [0, 0.05) is 23.7 Å². The van der Waals surface area contributed by atoms with Gasteiger partial charge >= 0.3 is 12.1 Å². The van der Waals surface area contributed by atoms with E-state index in [1.165, 1.54) is 7.11 Å². The molecule has 0 bridgehead atoms. The van der Waals surface area contributed by atoms with Gasteiger partial charge in [0.05, 0.1) is 29.1 Å². The summed E-state index contributed by atoms with van der Waals surface area (Å²) in [7, 11) is -3.36. The van der Waals surface area contributed by atoms with Gasteiger partial charge in [-0.15, -0.1) is 0 Å². The number of aryl methyl sites for hydroxylation is 2. The monoisotopic (exact) mass is 760 g/mol. The van der Waals surface area contributed by atoms with Crippen LogP contribution in [-0.4, -0.2) is 32.1 Å². The number of nitrogens with one attached hydrogen (secondary N) is 1. The van der Waals surface area contributed by atoms with Crippen molar-refractivity contribution in [2.45, 2.75) is 118 Å². The average molecular weight is 761 g/mol. The Bertz CT molecular complexity index is 2160. The van der Waals surface area contributed by atoms with Crippen LogP contribution in [0.4, 0.5) is 18.9 Å². The molecule has 11 heteroatoms. The van der Waals surface area contributed by atoms with E-state index in [1.807, 2.05) is 41.5 Å². The van der Waals surface area contributed by atoms with Crippen molar-refractivity contribution in [1.29, 1.82) is 0 Å². The van der Waals surface area contributed by atoms with Crippen LogP contribution in [0, 0.1) is 36.5 Å². The molecule has 0 fully saturated rings. The molecule has 0 saturated carbocycles. The molecule has 2 heterocycles. The molecule has 0 spiro atoms. The van der Waals surface area contributed by atoms with Gasteiger partial charge in [0.2, 0.25) is 0 Å². The molecular weight excluding hydrogens is 702 g/mol. The van der Waals surface area contributed by atoms with Crippen molar-refractivity contribution in [3.63, 3.8) is 0 Å². The Hall–Kier alpha value is -3.86. The van der Waals surface area contributed by atoms with Crippen molar-refractivity contribution in [2.75, 3.05) is 11.8 Å². The lowest BCUT2D eigenvalue weighted by atomic mass is 9.56. The first-order valence-electron chi connectivity index (χ1n) is 20.0. The number of benzene rings is 2. The summed E-state index contributed by atoms with van der Waals surface area (Å²) in [6.45, 7) is 19.7. The number of rotatable bonds is 14. The molecular formula is C42H55F3N2O5S. The van der Waals surface area contributed by atoms with Crippen LogP contribution in [-0.2, 0) is 36.9 Å². The first kappa shape index (κ1) is 36.1. The average Bonchev–Trinajstić information content (AvgIpc) is 3.13. The summed E-state index contributed by atoms with van der Waals surface area (Å²) in [6.07, 6.45) is -1.93. The highest BCUT2D eigenvalue weighted by atomic mass is 32.2. The van der Waals surface area contributed by atoms with Crippen molar-refractivity contribution >= 4 is 21.7 Å². The Morgan fingerprint density at radius 3 is 2.26 bits per heavy atom. The third-order valence-corrected chi connectivity index (χ3v) is 12.5. The maximum atomic E-state index is 15.0. The molecule has 2 aromatic carbocycles. The highest BCUT2D eigenvalue weighted by molar-refractivity contribution is 7.92. The van der Waals surface area contributed by atoms with Crippen molar-refractivity contribution < 1.29 is 41.3 Å². The van der Waals surface area contributed by atoms with Crippen LogP contribution in [0.1, 0.15) is 114 Å². The van der Waals surface area contributed by atoms with E-state index in [0.717, 1.165) is 29.5 Å². The van der Waals surface area contributed by atoms with Gasteiger partial charge < -0.3 is 9.47 Å². The van der Waals surface area contributed by atoms with Crippen LogP contribution >= 0.6 is 0 Å². The zero-order valence-electron chi connectivity index (χ0n) is 36.6. The minimum absolute atomic E-state index is 0.0180. The van der Waals surface area contributed by atoms with Crippen LogP contribution in [0.5, 0.6) is 0 Å². The molecule has 53 heavy (non-hydrogen) atoms. The van der Waals surface area contributed by atoms with Gasteiger partial charge in [0.1, 0.15) is 11.4 Å².